The van der Waals surface area contributed by atoms with Crippen molar-refractivity contribution in [2.75, 3.05) is 13.1 Å². The topological polar surface area (TPSA) is 656 Å². The first-order chi connectivity index (χ1) is 49.9. The number of nitrogens with zero attached hydrogens (tertiary/aromatic N) is 3. The van der Waals surface area contributed by atoms with Crippen LogP contribution in [0.5, 0.6) is 0 Å². The van der Waals surface area contributed by atoms with Crippen molar-refractivity contribution >= 4 is 106 Å². The zero-order valence-corrected chi connectivity index (χ0v) is 60.5. The van der Waals surface area contributed by atoms with Gasteiger partial charge in [0, 0.05) is 73.1 Å². The summed E-state index contributed by atoms with van der Waals surface area (Å²) < 4.78 is 0. The molecule has 14 unspecified atom stereocenters. The quantitative estimate of drug-likeness (QED) is 0.0111. The molecule has 106 heavy (non-hydrogen) atoms. The Bertz CT molecular complexity index is 3730. The van der Waals surface area contributed by atoms with Crippen molar-refractivity contribution in [3.8, 4) is 0 Å². The van der Waals surface area contributed by atoms with E-state index in [0.717, 1.165) is 0 Å². The Morgan fingerprint density at radius 1 is 0.519 bits per heavy atom. The summed E-state index contributed by atoms with van der Waals surface area (Å²) in [5, 5.41) is 50.4. The van der Waals surface area contributed by atoms with Gasteiger partial charge in [0.05, 0.1) is 37.8 Å². The maximum absolute atomic E-state index is 14.5. The van der Waals surface area contributed by atoms with E-state index >= 15 is 0 Å². The molecule has 40 heteroatoms. The van der Waals surface area contributed by atoms with Crippen LogP contribution in [0.2, 0.25) is 0 Å². The number of carboxylic acids is 1. The van der Waals surface area contributed by atoms with Gasteiger partial charge >= 0.3 is 5.97 Å². The van der Waals surface area contributed by atoms with Crippen LogP contribution in [-0.2, 0) is 91.2 Å². The number of carbonyl (C=O) groups is 15. The number of fused-ring (bicyclic) bond motifs is 1. The van der Waals surface area contributed by atoms with Gasteiger partial charge in [-0.2, -0.15) is 0 Å². The van der Waals surface area contributed by atoms with Gasteiger partial charge in [0.1, 0.15) is 66.5 Å². The predicted octanol–water partition coefficient (Wildman–Crippen LogP) is -6.52. The van der Waals surface area contributed by atoms with Gasteiger partial charge in [-0.25, -0.2) is 9.97 Å². The summed E-state index contributed by atoms with van der Waals surface area (Å²) in [6, 6.07) is -10.9. The fraction of sp³-hybridized carbons (Fsp3) is 0.545. The molecular formula is C66H101N23O17. The number of para-hydroxylation sites is 1. The van der Waals surface area contributed by atoms with Crippen LogP contribution in [0.4, 0.5) is 0 Å². The third-order valence-corrected chi connectivity index (χ3v) is 16.9. The van der Waals surface area contributed by atoms with Crippen LogP contribution in [0.15, 0.2) is 60.5 Å². The molecule has 3 aromatic heterocycles. The van der Waals surface area contributed by atoms with Crippen LogP contribution >= 0.6 is 0 Å². The Labute approximate surface area is 609 Å². The highest BCUT2D eigenvalue weighted by atomic mass is 16.4. The van der Waals surface area contributed by atoms with Crippen molar-refractivity contribution in [2.24, 2.45) is 51.4 Å². The molecule has 14 amide bonds. The third kappa shape index (κ3) is 28.2. The molecule has 4 aromatic rings. The number of carboxylic acid groups (broad SMARTS) is 1. The lowest BCUT2D eigenvalue weighted by molar-refractivity contribution is -0.141. The molecule has 0 spiro atoms. The van der Waals surface area contributed by atoms with Crippen LogP contribution in [0.1, 0.15) is 118 Å². The number of aromatic amines is 3. The Hall–Kier alpha value is -11.6. The van der Waals surface area contributed by atoms with Crippen molar-refractivity contribution in [1.29, 1.82) is 0 Å². The normalized spacial score (nSPS) is 15.2. The number of aromatic nitrogens is 5. The maximum Gasteiger partial charge on any atom is 0.305 e. The average Bonchev–Trinajstić information content (AvgIpc) is 1.62. The number of nitrogens with two attached hydrogens (primary N) is 5. The van der Waals surface area contributed by atoms with E-state index in [-0.39, 0.29) is 56.2 Å². The van der Waals surface area contributed by atoms with Gasteiger partial charge in [-0.05, 0) is 69.4 Å². The Kier molecular flexibility index (Phi) is 34.6. The van der Waals surface area contributed by atoms with Gasteiger partial charge in [-0.3, -0.25) is 76.9 Å². The minimum absolute atomic E-state index is 0.0183. The molecule has 0 aliphatic carbocycles. The first-order valence-electron chi connectivity index (χ1n) is 34.3. The van der Waals surface area contributed by atoms with Gasteiger partial charge in [0.15, 0.2) is 5.96 Å². The van der Waals surface area contributed by atoms with E-state index < -0.39 is 205 Å². The van der Waals surface area contributed by atoms with Gasteiger partial charge < -0.3 is 118 Å². The number of primary amides is 2. The number of guanidine groups is 1. The van der Waals surface area contributed by atoms with Gasteiger partial charge in [-0.15, -0.1) is 0 Å². The molecule has 0 saturated heterocycles. The number of aliphatic hydroxyl groups excluding tert-OH is 1. The standard InChI is InChI=1S/C66H101N23O17/c1-10-32(6)50(68)63(104)80-34(8)55(96)87-52(31(4)5)65(106)88-51(30(2)3)64(105)83-42(17-18-47(67)91)59(100)86-46(23-49(93)94)62(103)84-43(20-36-24-75-40-15-12-11-14-39(36)40)57(98)76-27-48(92)81-44(21-37-25-72-28-77-37)60(101)85-45(22-38-26-73-29-78-38)61(102)82-41(16-13-19-74-66(70)71)58(99)79-33(7)56(97)89-53(35(9)90)54(69)95/h11-12,14-15,24-26,28-35,41-46,50-53,75,90H,10,13,16-23,27,68H2,1-9H3,(H2,67,91)(H2,69,95)(H,72,77)(H,73,78)(H,76,98)(H,79,99)(H,80,104)(H,81,92)(H,82,102)(H,83,105)(H,84,103)(H,85,101)(H,86,100)(H,87,96)(H,88,106)(H,89,97)(H,93,94)(H4,70,71,74). The van der Waals surface area contributed by atoms with Crippen LogP contribution in [0, 0.1) is 17.8 Å². The van der Waals surface area contributed by atoms with Crippen molar-refractivity contribution in [2.45, 2.75) is 199 Å². The number of carbonyl (C=O) groups excluding carboxylic acids is 14. The first-order valence-corrected chi connectivity index (χ1v) is 34.3. The molecule has 40 nitrogen and oxygen atoms in total. The number of hydrogen-bond acceptors (Lipinski definition) is 20. The molecule has 14 atom stereocenters. The molecule has 0 aliphatic heterocycles. The first kappa shape index (κ1) is 86.8. The molecule has 0 saturated carbocycles. The lowest BCUT2D eigenvalue weighted by atomic mass is 9.98. The van der Waals surface area contributed by atoms with Crippen LogP contribution in [-0.4, -0.2) is 221 Å². The molecule has 27 N–H and O–H groups in total. The summed E-state index contributed by atoms with van der Waals surface area (Å²) in [6.45, 7) is 12.9. The SMILES string of the molecule is CCC(C)C(N)C(=O)NC(C)C(=O)NC(C(=O)NC(C(=O)NC(CCC(N)=O)C(=O)NC(CC(=O)O)C(=O)NC(Cc1c[nH]c2ccccc12)C(=O)NCC(=O)NC(Cc1cnc[nH]1)C(=O)NC(Cc1cnc[nH]1)C(=O)NC(CCCN=C(N)N)C(=O)NC(C)C(=O)NC(C(N)=O)C(C)O)C(C)C)C(C)C. The molecule has 3 heterocycles. The molecule has 0 aliphatic rings. The van der Waals surface area contributed by atoms with Crippen molar-refractivity contribution in [3.05, 3.63) is 72.5 Å². The van der Waals surface area contributed by atoms with E-state index in [1.54, 1.807) is 58.9 Å². The van der Waals surface area contributed by atoms with Crippen molar-refractivity contribution in [3.63, 3.8) is 0 Å². The molecule has 582 valence electrons. The van der Waals surface area contributed by atoms with Crippen LogP contribution < -0.4 is 92.5 Å². The number of H-pyrrole nitrogens is 3. The lowest BCUT2D eigenvalue weighted by Crippen LogP contribution is -2.61. The maximum atomic E-state index is 14.5. The molecule has 0 fully saturated rings. The number of aliphatic imine (C=N–C) groups is 1. The van der Waals surface area contributed by atoms with Gasteiger partial charge in [-0.1, -0.05) is 66.2 Å². The minimum Gasteiger partial charge on any atom is -0.481 e. The Balaban J connectivity index is 1.60. The summed E-state index contributed by atoms with van der Waals surface area (Å²) >= 11 is 0. The fourth-order valence-corrected chi connectivity index (χ4v) is 10.5. The van der Waals surface area contributed by atoms with Gasteiger partial charge in [0.2, 0.25) is 82.7 Å². The van der Waals surface area contributed by atoms with Gasteiger partial charge in [0.25, 0.3) is 0 Å². The zero-order valence-electron chi connectivity index (χ0n) is 60.5. The number of imidazole rings is 2. The largest absolute Gasteiger partial charge is 0.481 e. The van der Waals surface area contributed by atoms with E-state index in [9.17, 15) is 82.1 Å². The highest BCUT2D eigenvalue weighted by Crippen LogP contribution is 2.20. The zero-order chi connectivity index (χ0) is 79.2. The van der Waals surface area contributed by atoms with E-state index in [1.807, 2.05) is 6.92 Å². The number of amides is 14. The highest BCUT2D eigenvalue weighted by Gasteiger charge is 2.38. The Morgan fingerprint density at radius 3 is 1.49 bits per heavy atom. The van der Waals surface area contributed by atoms with E-state index in [2.05, 4.69) is 93.7 Å². The smallest absolute Gasteiger partial charge is 0.305 e. The third-order valence-electron chi connectivity index (χ3n) is 16.9. The molecule has 1 aromatic carbocycles. The monoisotopic (exact) mass is 1490 g/mol. The second kappa shape index (κ2) is 42.3. The van der Waals surface area contributed by atoms with Crippen molar-refractivity contribution in [1.82, 2.24) is 88.7 Å². The number of aliphatic hydroxyl groups is 1. The summed E-state index contributed by atoms with van der Waals surface area (Å²) in [7, 11) is 0. The minimum atomic E-state index is -2.03. The number of benzene rings is 1. The highest BCUT2D eigenvalue weighted by molar-refractivity contribution is 6.00. The predicted molar refractivity (Wildman–Crippen MR) is 381 cm³/mol. The summed E-state index contributed by atoms with van der Waals surface area (Å²) in [5.74, 6) is -17.0. The van der Waals surface area contributed by atoms with E-state index in [1.165, 1.54) is 52.0 Å². The number of aliphatic carboxylic acids is 1. The summed E-state index contributed by atoms with van der Waals surface area (Å²) in [5.41, 5.74) is 29.4. The number of hydrogen-bond donors (Lipinski definition) is 22. The second-order valence-electron chi connectivity index (χ2n) is 26.3. The van der Waals surface area contributed by atoms with E-state index in [0.29, 0.717) is 28.6 Å². The average molecular weight is 1490 g/mol. The number of nitrogens with one attached hydrogen (secondary N) is 15. The van der Waals surface area contributed by atoms with E-state index in [4.69, 9.17) is 28.7 Å². The van der Waals surface area contributed by atoms with Crippen LogP contribution in [0.25, 0.3) is 10.9 Å². The Morgan fingerprint density at radius 2 is 0.981 bits per heavy atom. The summed E-state index contributed by atoms with van der Waals surface area (Å²) in [6.07, 6.45) is 2.73. The number of rotatable bonds is 45. The molecular weight excluding hydrogens is 1390 g/mol. The molecule has 0 radical (unpaired) electrons. The lowest BCUT2D eigenvalue weighted by Gasteiger charge is -2.29. The fourth-order valence-electron chi connectivity index (χ4n) is 10.5. The molecule has 0 bridgehead atoms. The molecule has 4 rings (SSSR count). The van der Waals surface area contributed by atoms with Crippen molar-refractivity contribution < 1.29 is 82.1 Å². The second-order valence-corrected chi connectivity index (χ2v) is 26.3. The summed E-state index contributed by atoms with van der Waals surface area (Å²) in [4.78, 5) is 225. The van der Waals surface area contributed by atoms with Crippen LogP contribution in [0.3, 0.4) is 0 Å².